The van der Waals surface area contributed by atoms with Gasteiger partial charge in [0, 0.05) is 24.2 Å². The number of unbranched alkanes of at least 4 members (excludes halogenated alkanes) is 1. The quantitative estimate of drug-likeness (QED) is 0.0501. The summed E-state index contributed by atoms with van der Waals surface area (Å²) in [4.78, 5) is 74.8. The Labute approximate surface area is 354 Å². The zero-order valence-electron chi connectivity index (χ0n) is 34.8. The van der Waals surface area contributed by atoms with Crippen LogP contribution in [0, 0.1) is 0 Å². The van der Waals surface area contributed by atoms with Gasteiger partial charge in [0.2, 0.25) is 0 Å². The second kappa shape index (κ2) is 19.9. The van der Waals surface area contributed by atoms with E-state index in [0.717, 1.165) is 30.6 Å². The Kier molecular flexibility index (Phi) is 14.2. The third-order valence-electron chi connectivity index (χ3n) is 9.97. The molecule has 22 nitrogen and oxygen atoms in total. The third kappa shape index (κ3) is 10.6. The number of ether oxygens (including phenoxy) is 4. The molecular weight excluding hydrogens is 809 g/mol. The smallest absolute Gasteiger partial charge is 0.328 e. The summed E-state index contributed by atoms with van der Waals surface area (Å²) in [6.07, 6.45) is 1.48. The summed E-state index contributed by atoms with van der Waals surface area (Å²) < 4.78 is 25.5. The number of aromatic amines is 2. The Balaban J connectivity index is 1.06. The number of aromatic nitrogens is 8. The predicted octanol–water partition coefficient (Wildman–Crippen LogP) is 1.88. The highest BCUT2D eigenvalue weighted by molar-refractivity contribution is 5.82. The molecule has 6 rings (SSSR count). The summed E-state index contributed by atoms with van der Waals surface area (Å²) in [6.45, 7) is 6.12. The van der Waals surface area contributed by atoms with Crippen molar-refractivity contribution in [3.63, 3.8) is 0 Å². The first-order valence-corrected chi connectivity index (χ1v) is 19.8. The summed E-state index contributed by atoms with van der Waals surface area (Å²) >= 11 is 0. The van der Waals surface area contributed by atoms with Crippen LogP contribution in [0.15, 0.2) is 46.0 Å². The van der Waals surface area contributed by atoms with Crippen molar-refractivity contribution in [2.24, 2.45) is 0 Å². The summed E-state index contributed by atoms with van der Waals surface area (Å²) in [5.41, 5.74) is 15.6. The lowest BCUT2D eigenvalue weighted by Crippen LogP contribution is -2.34. The van der Waals surface area contributed by atoms with Crippen LogP contribution in [0.3, 0.4) is 0 Å². The van der Waals surface area contributed by atoms with Crippen LogP contribution in [-0.2, 0) is 35.8 Å². The molecule has 6 aromatic rings. The van der Waals surface area contributed by atoms with Crippen LogP contribution in [0.2, 0.25) is 0 Å². The highest BCUT2D eigenvalue weighted by Gasteiger charge is 2.20. The summed E-state index contributed by atoms with van der Waals surface area (Å²) in [6, 6.07) is 11.1. The third-order valence-corrected chi connectivity index (χ3v) is 9.97. The second-order valence-electron chi connectivity index (χ2n) is 14.3. The van der Waals surface area contributed by atoms with Gasteiger partial charge < -0.3 is 50.6 Å². The lowest BCUT2D eigenvalue weighted by Gasteiger charge is -2.21. The van der Waals surface area contributed by atoms with Gasteiger partial charge in [-0.15, -0.1) is 0 Å². The fraction of sp³-hybridized carbons (Fsp3) is 0.400. The van der Waals surface area contributed by atoms with Crippen molar-refractivity contribution < 1.29 is 38.7 Å². The van der Waals surface area contributed by atoms with E-state index in [0.29, 0.717) is 60.0 Å². The number of carbonyl (C=O) groups is 2. The first-order valence-electron chi connectivity index (χ1n) is 19.8. The molecule has 0 amide bonds. The molecule has 0 aliphatic carbocycles. The Bertz CT molecular complexity index is 2660. The van der Waals surface area contributed by atoms with Crippen LogP contribution in [0.1, 0.15) is 48.9 Å². The molecule has 0 bridgehead atoms. The molecule has 2 aromatic carbocycles. The lowest BCUT2D eigenvalue weighted by atomic mass is 10.1. The highest BCUT2D eigenvalue weighted by Crippen LogP contribution is 2.26. The number of carboxylic acids is 2. The zero-order chi connectivity index (χ0) is 44.5. The Morgan fingerprint density at radius 3 is 1.65 bits per heavy atom. The van der Waals surface area contributed by atoms with Gasteiger partial charge in [-0.05, 0) is 56.1 Å². The van der Waals surface area contributed by atoms with Gasteiger partial charge in [-0.1, -0.05) is 31.2 Å². The van der Waals surface area contributed by atoms with Crippen molar-refractivity contribution >= 4 is 45.9 Å². The molecule has 0 spiro atoms. The number of rotatable bonds is 23. The zero-order valence-corrected chi connectivity index (χ0v) is 34.8. The minimum absolute atomic E-state index is 0.0158. The maximum Gasteiger partial charge on any atom is 0.328 e. The largest absolute Gasteiger partial charge is 0.496 e. The van der Waals surface area contributed by atoms with Crippen LogP contribution in [0.5, 0.6) is 23.5 Å². The summed E-state index contributed by atoms with van der Waals surface area (Å²) in [5, 5.41) is 18.4. The van der Waals surface area contributed by atoms with E-state index in [2.05, 4.69) is 41.7 Å². The lowest BCUT2D eigenvalue weighted by molar-refractivity contribution is -0.142. The number of imidazole rings is 2. The molecule has 0 atom stereocenters. The molecule has 8 N–H and O–H groups in total. The number of nitrogens with two attached hydrogens (primary N) is 2. The first kappa shape index (κ1) is 44.4. The van der Waals surface area contributed by atoms with E-state index >= 15 is 0 Å². The maximum atomic E-state index is 13.1. The monoisotopic (exact) mass is 858 g/mol. The minimum Gasteiger partial charge on any atom is -0.496 e. The molecule has 0 aliphatic rings. The Hall–Kier alpha value is -7.20. The van der Waals surface area contributed by atoms with E-state index in [1.807, 2.05) is 18.2 Å². The molecule has 22 heteroatoms. The molecular formula is C40H50N12O10. The Morgan fingerprint density at radius 2 is 1.19 bits per heavy atom. The first-order chi connectivity index (χ1) is 29.8. The summed E-state index contributed by atoms with van der Waals surface area (Å²) in [5.74, 6) is -1.11. The van der Waals surface area contributed by atoms with Crippen molar-refractivity contribution in [2.75, 3.05) is 65.1 Å². The number of fused-ring (bicyclic) bond motifs is 2. The number of aliphatic carboxylic acids is 2. The van der Waals surface area contributed by atoms with E-state index in [4.69, 9.17) is 30.4 Å². The van der Waals surface area contributed by atoms with Crippen LogP contribution in [0.25, 0.3) is 22.3 Å². The number of hydrogen-bond donors (Lipinski definition) is 6. The van der Waals surface area contributed by atoms with Crippen LogP contribution >= 0.6 is 0 Å². The maximum absolute atomic E-state index is 13.1. The van der Waals surface area contributed by atoms with E-state index in [1.54, 1.807) is 32.2 Å². The number of benzene rings is 2. The van der Waals surface area contributed by atoms with Crippen LogP contribution in [-0.4, -0.2) is 125 Å². The number of methoxy groups -OCH3 is 2. The fourth-order valence-electron chi connectivity index (χ4n) is 7.01. The standard InChI is InChI=1S/C40H50N12O10/c1-5-49(17-23-9-11-25(27(15-23)59-3)19-51-35-31(43-39(51)57)33(41)45-37(47-35)61-6-2)13-7-8-14-62-38-46-34(42)32-36(48-38)52(40(58)44-32)20-26-12-10-24(16-28(26)60-4)18-50(21-29(53)54)22-30(55)56/h9-12,15-16H,5-8,13-14,17-22H2,1-4H3,(H,43,57)(H,44,58)(H,53,54)(H,55,56)(H2,41,45,47)(H2,42,46,48). The molecule has 330 valence electrons. The van der Waals surface area contributed by atoms with E-state index in [1.165, 1.54) is 21.1 Å². The van der Waals surface area contributed by atoms with Gasteiger partial charge in [0.25, 0.3) is 0 Å². The molecule has 0 fully saturated rings. The van der Waals surface area contributed by atoms with E-state index in [9.17, 15) is 29.4 Å². The van der Waals surface area contributed by atoms with Crippen LogP contribution in [0.4, 0.5) is 11.6 Å². The molecule has 0 saturated carbocycles. The fourth-order valence-corrected chi connectivity index (χ4v) is 7.01. The molecule has 62 heavy (non-hydrogen) atoms. The normalized spacial score (nSPS) is 11.5. The van der Waals surface area contributed by atoms with Crippen molar-refractivity contribution in [3.05, 3.63) is 79.6 Å². The molecule has 0 radical (unpaired) electrons. The van der Waals surface area contributed by atoms with Gasteiger partial charge in [0.05, 0.1) is 53.6 Å². The van der Waals surface area contributed by atoms with Crippen molar-refractivity contribution in [1.82, 2.24) is 48.8 Å². The molecule has 4 heterocycles. The van der Waals surface area contributed by atoms with E-state index < -0.39 is 30.7 Å². The summed E-state index contributed by atoms with van der Waals surface area (Å²) in [7, 11) is 3.04. The van der Waals surface area contributed by atoms with Gasteiger partial charge in [-0.3, -0.25) is 28.5 Å². The van der Waals surface area contributed by atoms with Gasteiger partial charge in [-0.2, -0.15) is 19.9 Å². The highest BCUT2D eigenvalue weighted by atomic mass is 16.5. The van der Waals surface area contributed by atoms with Crippen molar-refractivity contribution in [2.45, 2.75) is 52.9 Å². The average Bonchev–Trinajstić information content (AvgIpc) is 3.72. The predicted molar refractivity (Wildman–Crippen MR) is 227 cm³/mol. The van der Waals surface area contributed by atoms with Gasteiger partial charge in [0.15, 0.2) is 22.9 Å². The molecule has 0 unspecified atom stereocenters. The number of nitrogens with one attached hydrogen (secondary N) is 2. The van der Waals surface area contributed by atoms with Gasteiger partial charge in [-0.25, -0.2) is 9.59 Å². The number of nitrogens with zero attached hydrogens (tertiary/aromatic N) is 8. The number of hydrogen-bond acceptors (Lipinski definition) is 16. The minimum atomic E-state index is -1.15. The number of H-pyrrole nitrogens is 2. The molecule has 0 aliphatic heterocycles. The van der Waals surface area contributed by atoms with E-state index in [-0.39, 0.29) is 60.1 Å². The van der Waals surface area contributed by atoms with Crippen molar-refractivity contribution in [1.29, 1.82) is 0 Å². The number of nitrogen functional groups attached to an aromatic ring is 2. The second-order valence-corrected chi connectivity index (χ2v) is 14.3. The molecule has 0 saturated heterocycles. The van der Waals surface area contributed by atoms with Gasteiger partial charge >= 0.3 is 35.3 Å². The van der Waals surface area contributed by atoms with Crippen LogP contribution < -0.4 is 41.8 Å². The average molecular weight is 859 g/mol. The molecule has 4 aromatic heterocycles. The topological polar surface area (TPSA) is 297 Å². The SMILES string of the molecule is CCOc1nc(N)c2[nH]c(=O)n(Cc3ccc(CN(CC)CCCCOc4nc(N)c5[nH]c(=O)n(Cc6ccc(CN(CC(=O)O)CC(=O)O)cc6OC)c5n4)cc3OC)c2n1. The Morgan fingerprint density at radius 1 is 0.710 bits per heavy atom. The van der Waals surface area contributed by atoms with Crippen molar-refractivity contribution in [3.8, 4) is 23.5 Å². The van der Waals surface area contributed by atoms with Gasteiger partial charge in [0.1, 0.15) is 22.5 Å². The number of carboxylic acid groups (broad SMARTS) is 2. The number of anilines is 2.